The first-order chi connectivity index (χ1) is 8.11. The van der Waals surface area contributed by atoms with Gasteiger partial charge in [0.25, 0.3) is 0 Å². The van der Waals surface area contributed by atoms with Crippen LogP contribution < -0.4 is 0 Å². The standard InChI is InChI=1S/B18/c1-11(2)16(12(3)4)18(15(9)10)17(13(5)6)14(7)8. The average molecular weight is 195 g/mol. The Bertz CT molecular complexity index is 174. The molecule has 0 fully saturated rings. The summed E-state index contributed by atoms with van der Waals surface area (Å²) in [7, 11) is 56.7. The Morgan fingerprint density at radius 3 is 0.556 bits per heavy atom. The molecule has 0 aromatic rings. The molecular formula is B18. The summed E-state index contributed by atoms with van der Waals surface area (Å²) in [6.07, 6.45) is -6.04. The van der Waals surface area contributed by atoms with Crippen molar-refractivity contribution >= 4 is 128 Å². The molecule has 0 N–H and O–H groups in total. The van der Waals surface area contributed by atoms with E-state index >= 15 is 0 Å². The molecular weight excluding hydrogens is 195 g/mol. The first-order valence-corrected chi connectivity index (χ1v) is 5.67. The summed E-state index contributed by atoms with van der Waals surface area (Å²) < 4.78 is 0. The molecule has 0 unspecified atom stereocenters. The smallest absolute Gasteiger partial charge is 0 e. The lowest BCUT2D eigenvalue weighted by atomic mass is 8.41. The van der Waals surface area contributed by atoms with Crippen LogP contribution in [0.5, 0.6) is 0 Å². The van der Waals surface area contributed by atoms with Crippen LogP contribution in [0.15, 0.2) is 0 Å². The van der Waals surface area contributed by atoms with Gasteiger partial charge in [-0.15, -0.1) is 0 Å². The molecule has 0 aliphatic heterocycles. The summed E-state index contributed by atoms with van der Waals surface area (Å²) in [5.74, 6) is 0. The van der Waals surface area contributed by atoms with Gasteiger partial charge in [0.05, 0.1) is 0 Å². The summed E-state index contributed by atoms with van der Waals surface area (Å²) in [6.45, 7) is 0. The molecule has 0 spiro atoms. The Kier molecular flexibility index (Phi) is 9.00. The van der Waals surface area contributed by atoms with E-state index in [4.69, 9.17) is 77.4 Å². The maximum atomic E-state index is 5.72. The van der Waals surface area contributed by atoms with Gasteiger partial charge in [0.2, 0.25) is 0 Å². The van der Waals surface area contributed by atoms with Crippen LogP contribution in [0.4, 0.5) is 0 Å². The third kappa shape index (κ3) is 5.28. The Labute approximate surface area is 128 Å². The fourth-order valence-electron chi connectivity index (χ4n) is 2.31. The minimum absolute atomic E-state index is 0.593. The normalized spacial score (nSPS) is 9.11. The first-order valence-electron chi connectivity index (χ1n) is 5.67. The fourth-order valence-corrected chi connectivity index (χ4v) is 2.31. The van der Waals surface area contributed by atoms with Crippen LogP contribution in [0.1, 0.15) is 0 Å². The molecule has 54 valence electrons. The molecule has 0 amide bonds. The molecule has 0 aromatic heterocycles. The summed E-state index contributed by atoms with van der Waals surface area (Å²) in [5, 5.41) is 0. The molecule has 18 heavy (non-hydrogen) atoms. The molecule has 0 nitrogen and oxygen atoms in total. The maximum absolute atomic E-state index is 5.72. The van der Waals surface area contributed by atoms with Crippen LogP contribution >= 0.6 is 0 Å². The zero-order chi connectivity index (χ0) is 14.6. The van der Waals surface area contributed by atoms with Crippen molar-refractivity contribution in [3.63, 3.8) is 0 Å². The molecule has 0 aromatic carbocycles. The highest BCUT2D eigenvalue weighted by molar-refractivity contribution is 8.17. The fraction of sp³-hybridized carbons (Fsp3) is 0. The Morgan fingerprint density at radius 1 is 0.278 bits per heavy atom. The van der Waals surface area contributed by atoms with E-state index < -0.39 is 51.1 Å². The van der Waals surface area contributed by atoms with Gasteiger partial charge in [-0.05, 0) is 0 Å². The molecule has 0 aliphatic carbocycles. The van der Waals surface area contributed by atoms with Crippen molar-refractivity contribution in [3.05, 3.63) is 0 Å². The van der Waals surface area contributed by atoms with Gasteiger partial charge in [-0.1, -0.05) is 0 Å². The molecule has 0 saturated heterocycles. The quantitative estimate of drug-likeness (QED) is 0.354. The van der Waals surface area contributed by atoms with E-state index in [2.05, 4.69) is 0 Å². The van der Waals surface area contributed by atoms with Crippen molar-refractivity contribution in [2.24, 2.45) is 0 Å². The molecule has 18 heteroatoms. The van der Waals surface area contributed by atoms with Crippen LogP contribution in [0.25, 0.3) is 0 Å². The highest BCUT2D eigenvalue weighted by atomic mass is 13.2. The van der Waals surface area contributed by atoms with E-state index in [1.807, 2.05) is 0 Å². The minimum Gasteiger partial charge on any atom is 0 e. The molecule has 0 atom stereocenters. The number of hydrogen-bond donors (Lipinski definition) is 0. The highest BCUT2D eigenvalue weighted by Crippen LogP contribution is 2.03. The first kappa shape index (κ1) is 19.2. The van der Waals surface area contributed by atoms with Crippen molar-refractivity contribution < 1.29 is 0 Å². The third-order valence-electron chi connectivity index (χ3n) is 3.11. The van der Waals surface area contributed by atoms with Gasteiger partial charge in [-0.25, -0.2) is 0 Å². The predicted octanol–water partition coefficient (Wildman–Crippen LogP) is -6.85. The van der Waals surface area contributed by atoms with Crippen LogP contribution in [0.3, 0.4) is 0 Å². The topological polar surface area (TPSA) is 0 Å². The lowest BCUT2D eigenvalue weighted by molar-refractivity contribution is 3.35. The van der Waals surface area contributed by atoms with E-state index in [9.17, 15) is 0 Å². The van der Waals surface area contributed by atoms with E-state index in [1.165, 1.54) is 0 Å². The lowest BCUT2D eigenvalue weighted by Crippen LogP contribution is -2.78. The van der Waals surface area contributed by atoms with Crippen molar-refractivity contribution in [2.75, 3.05) is 0 Å². The van der Waals surface area contributed by atoms with Crippen molar-refractivity contribution in [3.8, 4) is 0 Å². The molecule has 0 bridgehead atoms. The van der Waals surface area contributed by atoms with Crippen LogP contribution in [0.2, 0.25) is 0 Å². The number of rotatable bonds is 7. The summed E-state index contributed by atoms with van der Waals surface area (Å²) >= 11 is 0. The largest absolute Gasteiger partial charge is 0 e. The van der Waals surface area contributed by atoms with Gasteiger partial charge in [0.15, 0.2) is 0 Å². The molecule has 0 aliphatic rings. The van der Waals surface area contributed by atoms with E-state index in [-0.39, 0.29) is 0 Å². The van der Waals surface area contributed by atoms with E-state index in [1.54, 1.807) is 0 Å². The van der Waals surface area contributed by atoms with E-state index in [0.29, 0.717) is 0 Å². The molecule has 0 rings (SSSR count). The van der Waals surface area contributed by atoms with Crippen molar-refractivity contribution in [1.29, 1.82) is 0 Å². The lowest BCUT2D eigenvalue weighted by Gasteiger charge is -2.40. The second-order valence-electron chi connectivity index (χ2n) is 4.62. The minimum atomic E-state index is -0.853. The Balaban J connectivity index is 5.37. The van der Waals surface area contributed by atoms with Crippen LogP contribution in [-0.2, 0) is 0 Å². The Morgan fingerprint density at radius 2 is 0.444 bits per heavy atom. The molecule has 0 saturated carbocycles. The maximum Gasteiger partial charge on any atom is 0 e. The predicted molar refractivity (Wildman–Crippen MR) is 104 cm³/mol. The van der Waals surface area contributed by atoms with Crippen LogP contribution in [0, 0.1) is 0 Å². The zero-order valence-corrected chi connectivity index (χ0v) is 10.4. The monoisotopic (exact) mass is 198 g/mol. The van der Waals surface area contributed by atoms with Gasteiger partial charge in [-0.2, -0.15) is 0 Å². The van der Waals surface area contributed by atoms with Crippen molar-refractivity contribution in [2.45, 2.75) is 0 Å². The van der Waals surface area contributed by atoms with Gasteiger partial charge in [0.1, 0.15) is 0 Å². The van der Waals surface area contributed by atoms with Gasteiger partial charge < -0.3 is 0 Å². The van der Waals surface area contributed by atoms with Gasteiger partial charge in [0, 0.05) is 128 Å². The van der Waals surface area contributed by atoms with Gasteiger partial charge >= 0.3 is 0 Å². The van der Waals surface area contributed by atoms with Gasteiger partial charge in [-0.3, -0.25) is 0 Å². The summed E-state index contributed by atoms with van der Waals surface area (Å²) in [5.41, 5.74) is 0. The molecule has 0 heterocycles. The Hall–Kier alpha value is 1.17. The van der Waals surface area contributed by atoms with Crippen LogP contribution in [-0.4, -0.2) is 128 Å². The third-order valence-corrected chi connectivity index (χ3v) is 3.11. The second kappa shape index (κ2) is 8.45. The zero-order valence-electron chi connectivity index (χ0n) is 10.4. The van der Waals surface area contributed by atoms with Crippen molar-refractivity contribution in [1.82, 2.24) is 0 Å². The summed E-state index contributed by atoms with van der Waals surface area (Å²) in [4.78, 5) is 0. The average Bonchev–Trinajstić information content (AvgIpc) is 2.13. The highest BCUT2D eigenvalue weighted by Gasteiger charge is 2.41. The summed E-state index contributed by atoms with van der Waals surface area (Å²) in [6, 6.07) is 0. The SMILES string of the molecule is [B]B([B])B(B([B])[B])B(B([B])[B])B(B([B])[B])B([B])[B]. The van der Waals surface area contributed by atoms with E-state index in [0.717, 1.165) is 0 Å². The second-order valence-corrected chi connectivity index (χ2v) is 4.62. The number of hydrogen-bond acceptors (Lipinski definition) is 0. The molecule has 20 radical (unpaired) electrons.